The van der Waals surface area contributed by atoms with E-state index in [0.717, 1.165) is 4.90 Å². The van der Waals surface area contributed by atoms with Crippen molar-refractivity contribution in [1.82, 2.24) is 4.90 Å². The number of rotatable bonds is 0. The number of morpholine rings is 1. The molecule has 1 rings (SSSR count). The van der Waals surface area contributed by atoms with E-state index in [4.69, 9.17) is 31.0 Å². The van der Waals surface area contributed by atoms with Crippen LogP contribution in [0, 0.1) is 56.8 Å². The summed E-state index contributed by atoms with van der Waals surface area (Å²) in [6, 6.07) is 6.07. The van der Waals surface area contributed by atoms with Gasteiger partial charge in [-0.2, -0.15) is 26.3 Å². The molecule has 0 bridgehead atoms. The summed E-state index contributed by atoms with van der Waals surface area (Å²) >= 11 is 0. The molecule has 1 aliphatic rings. The van der Waals surface area contributed by atoms with Gasteiger partial charge in [-0.15, -0.1) is 0 Å². The topological polar surface area (TPSA) is 131 Å². The molecule has 0 atom stereocenters. The molecule has 1 saturated heterocycles. The van der Waals surface area contributed by atoms with Gasteiger partial charge in [-0.1, -0.05) is 0 Å². The van der Waals surface area contributed by atoms with Crippen LogP contribution in [0.15, 0.2) is 0 Å². The van der Waals surface area contributed by atoms with Crippen molar-refractivity contribution < 1.29 is 4.74 Å². The van der Waals surface area contributed by atoms with Crippen molar-refractivity contribution in [2.45, 2.75) is 11.1 Å². The van der Waals surface area contributed by atoms with E-state index in [0.29, 0.717) is 0 Å². The fourth-order valence-electron chi connectivity index (χ4n) is 1.43. The van der Waals surface area contributed by atoms with E-state index in [1.807, 2.05) is 0 Å². The Hall–Kier alpha value is -1.79. The number of hydrogen-bond donors (Lipinski definition) is 0. The zero-order valence-corrected chi connectivity index (χ0v) is 11.0. The van der Waals surface area contributed by atoms with Crippen molar-refractivity contribution >= 4 is 29.6 Å². The minimum Gasteiger partial charge on any atom is -0.343 e. The number of nitriles is 5. The molecule has 0 N–H and O–H groups in total. The molecule has 0 aromatic carbocycles. The maximum absolute atomic E-state index is 8.99. The third-order valence-electron chi connectivity index (χ3n) is 2.31. The first-order valence-electron chi connectivity index (χ1n) is 4.12. The van der Waals surface area contributed by atoms with E-state index in [1.54, 1.807) is 6.19 Å². The SMILES string of the molecule is N#CN1CCOC(C#N)(C#N)C1(C#N)C#N.[Na]. The van der Waals surface area contributed by atoms with Gasteiger partial charge in [0.15, 0.2) is 6.19 Å². The zero-order chi connectivity index (χ0) is 12.2. The second kappa shape index (κ2) is 5.51. The summed E-state index contributed by atoms with van der Waals surface area (Å²) in [5.41, 5.74) is -4.48. The molecule has 0 aliphatic carbocycles. The van der Waals surface area contributed by atoms with Crippen LogP contribution in [-0.2, 0) is 4.74 Å². The first-order chi connectivity index (χ1) is 7.66. The number of ether oxygens (including phenoxy) is 1. The minimum absolute atomic E-state index is 0. The summed E-state index contributed by atoms with van der Waals surface area (Å²) in [4.78, 5) is 0.795. The van der Waals surface area contributed by atoms with Crippen molar-refractivity contribution in [3.63, 3.8) is 0 Å². The van der Waals surface area contributed by atoms with Gasteiger partial charge in [0.05, 0.1) is 13.2 Å². The van der Waals surface area contributed by atoms with Crippen molar-refractivity contribution in [3.05, 3.63) is 0 Å². The van der Waals surface area contributed by atoms with Crippen LogP contribution in [0.25, 0.3) is 0 Å². The van der Waals surface area contributed by atoms with Crippen LogP contribution in [0.5, 0.6) is 0 Å². The zero-order valence-electron chi connectivity index (χ0n) is 9.01. The Balaban J connectivity index is 0.00000256. The van der Waals surface area contributed by atoms with Gasteiger partial charge in [0.2, 0.25) is 0 Å². The summed E-state index contributed by atoms with van der Waals surface area (Å²) in [5, 5.41) is 44.6. The first-order valence-corrected chi connectivity index (χ1v) is 4.12. The largest absolute Gasteiger partial charge is 0.343 e. The quantitative estimate of drug-likeness (QED) is 0.388. The van der Waals surface area contributed by atoms with Gasteiger partial charge in [-0.25, -0.2) is 0 Å². The van der Waals surface area contributed by atoms with E-state index < -0.39 is 11.1 Å². The molecule has 0 spiro atoms. The molecule has 0 unspecified atom stereocenters. The van der Waals surface area contributed by atoms with E-state index >= 15 is 0 Å². The Morgan fingerprint density at radius 3 is 1.82 bits per heavy atom. The van der Waals surface area contributed by atoms with Gasteiger partial charge in [0.1, 0.15) is 24.3 Å². The van der Waals surface area contributed by atoms with E-state index in [1.165, 1.54) is 24.3 Å². The third kappa shape index (κ3) is 1.81. The molecule has 0 aromatic heterocycles. The summed E-state index contributed by atoms with van der Waals surface area (Å²) in [6.45, 7) is -0.0808. The predicted molar refractivity (Wildman–Crippen MR) is 51.9 cm³/mol. The Morgan fingerprint density at radius 1 is 0.941 bits per heavy atom. The second-order valence-corrected chi connectivity index (χ2v) is 2.94. The normalized spacial score (nSPS) is 19.1. The molecule has 0 saturated carbocycles. The van der Waals surface area contributed by atoms with Crippen LogP contribution >= 0.6 is 0 Å². The molecule has 1 heterocycles. The van der Waals surface area contributed by atoms with Crippen LogP contribution in [0.4, 0.5) is 0 Å². The number of nitrogens with zero attached hydrogens (tertiary/aromatic N) is 6. The molecule has 7 nitrogen and oxygen atoms in total. The molecule has 8 heteroatoms. The average Bonchev–Trinajstić information content (AvgIpc) is 2.37. The van der Waals surface area contributed by atoms with Crippen molar-refractivity contribution in [2.75, 3.05) is 13.2 Å². The molecule has 77 valence electrons. The van der Waals surface area contributed by atoms with Crippen molar-refractivity contribution in [1.29, 1.82) is 26.3 Å². The molecular weight excluding hydrogens is 231 g/mol. The summed E-state index contributed by atoms with van der Waals surface area (Å²) in [6.07, 6.45) is 1.63. The Bertz CT molecular complexity index is 482. The van der Waals surface area contributed by atoms with Gasteiger partial charge in [0.25, 0.3) is 11.1 Å². The smallest absolute Gasteiger partial charge is 0.292 e. The Morgan fingerprint density at radius 2 is 1.47 bits per heavy atom. The van der Waals surface area contributed by atoms with Gasteiger partial charge in [0, 0.05) is 29.6 Å². The van der Waals surface area contributed by atoms with Crippen LogP contribution in [0.1, 0.15) is 0 Å². The first kappa shape index (κ1) is 15.2. The van der Waals surface area contributed by atoms with Crippen LogP contribution < -0.4 is 0 Å². The van der Waals surface area contributed by atoms with Crippen LogP contribution in [0.3, 0.4) is 0 Å². The van der Waals surface area contributed by atoms with E-state index in [9.17, 15) is 0 Å². The van der Waals surface area contributed by atoms with Gasteiger partial charge >= 0.3 is 0 Å². The molecule has 1 aliphatic heterocycles. The fourth-order valence-corrected chi connectivity index (χ4v) is 1.43. The second-order valence-electron chi connectivity index (χ2n) is 2.94. The van der Waals surface area contributed by atoms with Crippen LogP contribution in [-0.4, -0.2) is 58.7 Å². The van der Waals surface area contributed by atoms with Gasteiger partial charge in [-0.3, -0.25) is 4.90 Å². The average molecular weight is 235 g/mol. The standard InChI is InChI=1S/C9H4N6O.Na/c10-3-8(4-11)9(5-12,6-13)16-2-1-15(8)7-14;/h1-2H2;. The summed E-state index contributed by atoms with van der Waals surface area (Å²) in [7, 11) is 0. The van der Waals surface area contributed by atoms with Gasteiger partial charge < -0.3 is 4.74 Å². The summed E-state index contributed by atoms with van der Waals surface area (Å²) in [5.74, 6) is 0. The van der Waals surface area contributed by atoms with E-state index in [2.05, 4.69) is 0 Å². The Kier molecular flexibility index (Phi) is 4.93. The summed E-state index contributed by atoms with van der Waals surface area (Å²) < 4.78 is 4.93. The molecule has 1 fully saturated rings. The maximum Gasteiger partial charge on any atom is 0.292 e. The molecule has 17 heavy (non-hydrogen) atoms. The monoisotopic (exact) mass is 235 g/mol. The predicted octanol–water partition coefficient (Wildman–Crippen LogP) is -1.01. The van der Waals surface area contributed by atoms with E-state index in [-0.39, 0.29) is 42.7 Å². The van der Waals surface area contributed by atoms with Gasteiger partial charge in [-0.05, 0) is 0 Å². The Labute approximate surface area is 120 Å². The molecule has 1 radical (unpaired) electrons. The van der Waals surface area contributed by atoms with Crippen molar-refractivity contribution in [2.24, 2.45) is 0 Å². The maximum atomic E-state index is 8.99. The third-order valence-corrected chi connectivity index (χ3v) is 2.31. The molecule has 0 amide bonds. The van der Waals surface area contributed by atoms with Crippen LogP contribution in [0.2, 0.25) is 0 Å². The molecule has 0 aromatic rings. The van der Waals surface area contributed by atoms with Crippen molar-refractivity contribution in [3.8, 4) is 30.5 Å². The fraction of sp³-hybridized carbons (Fsp3) is 0.444. The number of hydrogen-bond acceptors (Lipinski definition) is 7. The molecular formula is C9H4N6NaO. The minimum atomic E-state index is -2.26.